The highest BCUT2D eigenvalue weighted by atomic mass is 19.1. The Balaban J connectivity index is 1.96. The van der Waals surface area contributed by atoms with Gasteiger partial charge in [0, 0.05) is 24.3 Å². The van der Waals surface area contributed by atoms with Crippen molar-refractivity contribution >= 4 is 12.0 Å². The topological polar surface area (TPSA) is 47.6 Å². The maximum atomic E-state index is 12.8. The largest absolute Gasteiger partial charge is 0.497 e. The average Bonchev–Trinajstić information content (AvgIpc) is 2.59. The summed E-state index contributed by atoms with van der Waals surface area (Å²) in [7, 11) is 3.13. The molecule has 5 heteroatoms. The number of rotatable bonds is 6. The smallest absolute Gasteiger partial charge is 0.244 e. The van der Waals surface area contributed by atoms with Gasteiger partial charge in [0.2, 0.25) is 5.91 Å². The van der Waals surface area contributed by atoms with Gasteiger partial charge in [-0.25, -0.2) is 4.39 Å². The molecular weight excluding hydrogens is 297 g/mol. The average molecular weight is 315 g/mol. The van der Waals surface area contributed by atoms with Gasteiger partial charge in [-0.2, -0.15) is 0 Å². The van der Waals surface area contributed by atoms with Crippen LogP contribution in [0.5, 0.6) is 11.5 Å². The molecule has 0 radical (unpaired) electrons. The van der Waals surface area contributed by atoms with Crippen molar-refractivity contribution in [3.05, 3.63) is 65.5 Å². The summed E-state index contributed by atoms with van der Waals surface area (Å²) in [4.78, 5) is 11.8. The van der Waals surface area contributed by atoms with Crippen molar-refractivity contribution in [2.24, 2.45) is 0 Å². The number of hydrogen-bond acceptors (Lipinski definition) is 3. The maximum absolute atomic E-state index is 12.8. The van der Waals surface area contributed by atoms with Crippen LogP contribution in [-0.2, 0) is 11.3 Å². The van der Waals surface area contributed by atoms with Crippen molar-refractivity contribution < 1.29 is 18.7 Å². The molecule has 0 bridgehead atoms. The summed E-state index contributed by atoms with van der Waals surface area (Å²) < 4.78 is 23.2. The molecule has 0 aliphatic heterocycles. The highest BCUT2D eigenvalue weighted by Crippen LogP contribution is 2.25. The summed E-state index contributed by atoms with van der Waals surface area (Å²) in [5.41, 5.74) is 1.60. The molecule has 0 atom stereocenters. The summed E-state index contributed by atoms with van der Waals surface area (Å²) in [5.74, 6) is 0.755. The van der Waals surface area contributed by atoms with E-state index in [1.165, 1.54) is 18.2 Å². The Kier molecular flexibility index (Phi) is 5.74. The zero-order valence-electron chi connectivity index (χ0n) is 13.0. The summed E-state index contributed by atoms with van der Waals surface area (Å²) in [6, 6.07) is 11.3. The van der Waals surface area contributed by atoms with E-state index in [0.717, 1.165) is 11.1 Å². The number of amides is 1. The van der Waals surface area contributed by atoms with Crippen LogP contribution in [-0.4, -0.2) is 20.1 Å². The Morgan fingerprint density at radius 1 is 1.13 bits per heavy atom. The van der Waals surface area contributed by atoms with Gasteiger partial charge in [0.05, 0.1) is 14.2 Å². The Morgan fingerprint density at radius 3 is 2.52 bits per heavy atom. The first-order valence-corrected chi connectivity index (χ1v) is 7.05. The number of methoxy groups -OCH3 is 2. The van der Waals surface area contributed by atoms with Crippen LogP contribution in [0.1, 0.15) is 11.1 Å². The molecule has 0 aliphatic rings. The molecule has 2 rings (SSSR count). The number of halogens is 1. The normalized spacial score (nSPS) is 10.6. The quantitative estimate of drug-likeness (QED) is 0.833. The third-order valence-corrected chi connectivity index (χ3v) is 3.23. The third-order valence-electron chi connectivity index (χ3n) is 3.23. The molecule has 4 nitrogen and oxygen atoms in total. The van der Waals surface area contributed by atoms with Crippen LogP contribution in [0.2, 0.25) is 0 Å². The molecule has 120 valence electrons. The first-order valence-electron chi connectivity index (χ1n) is 7.05. The molecule has 0 spiro atoms. The lowest BCUT2D eigenvalue weighted by Crippen LogP contribution is -2.20. The lowest BCUT2D eigenvalue weighted by molar-refractivity contribution is -0.116. The summed E-state index contributed by atoms with van der Waals surface area (Å²) in [5, 5.41) is 2.73. The second-order valence-corrected chi connectivity index (χ2v) is 4.79. The fourth-order valence-electron chi connectivity index (χ4n) is 1.97. The Labute approximate surface area is 134 Å². The number of carbonyl (C=O) groups excluding carboxylic acids is 1. The van der Waals surface area contributed by atoms with E-state index in [9.17, 15) is 9.18 Å². The SMILES string of the molecule is COc1ccc(/C=C\C(=O)NCc2ccc(F)cc2)c(OC)c1. The van der Waals surface area contributed by atoms with Gasteiger partial charge < -0.3 is 14.8 Å². The van der Waals surface area contributed by atoms with E-state index in [4.69, 9.17) is 9.47 Å². The van der Waals surface area contributed by atoms with Gasteiger partial charge in [-0.05, 0) is 35.9 Å². The fraction of sp³-hybridized carbons (Fsp3) is 0.167. The van der Waals surface area contributed by atoms with Gasteiger partial charge in [-0.3, -0.25) is 4.79 Å². The standard InChI is InChI=1S/C18H18FNO3/c1-22-16-9-5-14(17(11-16)23-2)6-10-18(21)20-12-13-3-7-15(19)8-4-13/h3-11H,12H2,1-2H3,(H,20,21)/b10-6-. The van der Waals surface area contributed by atoms with Crippen LogP contribution in [0.15, 0.2) is 48.5 Å². The van der Waals surface area contributed by atoms with E-state index in [2.05, 4.69) is 5.32 Å². The van der Waals surface area contributed by atoms with Crippen molar-refractivity contribution in [2.75, 3.05) is 14.2 Å². The molecule has 1 N–H and O–H groups in total. The minimum atomic E-state index is -0.299. The van der Waals surface area contributed by atoms with Crippen LogP contribution < -0.4 is 14.8 Å². The van der Waals surface area contributed by atoms with Crippen molar-refractivity contribution in [1.29, 1.82) is 0 Å². The molecule has 0 heterocycles. The van der Waals surface area contributed by atoms with E-state index in [-0.39, 0.29) is 11.7 Å². The predicted molar refractivity (Wildman–Crippen MR) is 86.8 cm³/mol. The molecule has 2 aromatic carbocycles. The highest BCUT2D eigenvalue weighted by Gasteiger charge is 2.03. The monoisotopic (exact) mass is 315 g/mol. The maximum Gasteiger partial charge on any atom is 0.244 e. The van der Waals surface area contributed by atoms with Crippen LogP contribution in [0.3, 0.4) is 0 Å². The highest BCUT2D eigenvalue weighted by molar-refractivity contribution is 5.92. The van der Waals surface area contributed by atoms with Crippen LogP contribution in [0.4, 0.5) is 4.39 Å². The van der Waals surface area contributed by atoms with E-state index >= 15 is 0 Å². The van der Waals surface area contributed by atoms with Gasteiger partial charge in [0.25, 0.3) is 0 Å². The number of hydrogen-bond donors (Lipinski definition) is 1. The lowest BCUT2D eigenvalue weighted by atomic mass is 10.1. The zero-order valence-corrected chi connectivity index (χ0v) is 13.0. The number of ether oxygens (including phenoxy) is 2. The second kappa shape index (κ2) is 7.98. The van der Waals surface area contributed by atoms with Crippen LogP contribution in [0, 0.1) is 5.82 Å². The van der Waals surface area contributed by atoms with Gasteiger partial charge in [-0.1, -0.05) is 12.1 Å². The second-order valence-electron chi connectivity index (χ2n) is 4.79. The van der Waals surface area contributed by atoms with E-state index in [1.807, 2.05) is 0 Å². The van der Waals surface area contributed by atoms with Crippen molar-refractivity contribution in [3.63, 3.8) is 0 Å². The molecule has 0 aromatic heterocycles. The van der Waals surface area contributed by atoms with Gasteiger partial charge >= 0.3 is 0 Å². The number of nitrogens with one attached hydrogen (secondary N) is 1. The molecule has 0 aliphatic carbocycles. The molecular formula is C18H18FNO3. The molecule has 23 heavy (non-hydrogen) atoms. The molecule has 0 unspecified atom stereocenters. The summed E-state index contributed by atoms with van der Waals surface area (Å²) >= 11 is 0. The fourth-order valence-corrected chi connectivity index (χ4v) is 1.97. The van der Waals surface area contributed by atoms with Crippen LogP contribution >= 0.6 is 0 Å². The van der Waals surface area contributed by atoms with Gasteiger partial charge in [0.1, 0.15) is 17.3 Å². The van der Waals surface area contributed by atoms with Crippen molar-refractivity contribution in [2.45, 2.75) is 6.54 Å². The number of benzene rings is 2. The molecule has 2 aromatic rings. The molecule has 0 saturated heterocycles. The lowest BCUT2D eigenvalue weighted by Gasteiger charge is -2.07. The Hall–Kier alpha value is -2.82. The van der Waals surface area contributed by atoms with Crippen LogP contribution in [0.25, 0.3) is 6.08 Å². The van der Waals surface area contributed by atoms with E-state index < -0.39 is 0 Å². The first kappa shape index (κ1) is 16.5. The van der Waals surface area contributed by atoms with Gasteiger partial charge in [0.15, 0.2) is 0 Å². The molecule has 1 amide bonds. The Morgan fingerprint density at radius 2 is 1.87 bits per heavy atom. The molecule has 0 fully saturated rings. The third kappa shape index (κ3) is 4.85. The minimum Gasteiger partial charge on any atom is -0.497 e. The first-order chi connectivity index (χ1) is 11.1. The van der Waals surface area contributed by atoms with Crippen molar-refractivity contribution in [3.8, 4) is 11.5 Å². The van der Waals surface area contributed by atoms with Gasteiger partial charge in [-0.15, -0.1) is 0 Å². The van der Waals surface area contributed by atoms with E-state index in [1.54, 1.807) is 50.6 Å². The molecule has 0 saturated carbocycles. The summed E-state index contributed by atoms with van der Waals surface area (Å²) in [6.45, 7) is 0.337. The summed E-state index contributed by atoms with van der Waals surface area (Å²) in [6.07, 6.45) is 3.09. The predicted octanol–water partition coefficient (Wildman–Crippen LogP) is 3.17. The number of carbonyl (C=O) groups is 1. The Bertz CT molecular complexity index is 696. The zero-order chi connectivity index (χ0) is 16.7. The van der Waals surface area contributed by atoms with E-state index in [0.29, 0.717) is 18.0 Å². The minimum absolute atomic E-state index is 0.243. The van der Waals surface area contributed by atoms with Crippen molar-refractivity contribution in [1.82, 2.24) is 5.32 Å².